The molecule has 0 saturated carbocycles. The van der Waals surface area contributed by atoms with Crippen LogP contribution in [0.15, 0.2) is 54.6 Å². The largest absolute Gasteiger partial charge is 0.368 e. The summed E-state index contributed by atoms with van der Waals surface area (Å²) in [6.07, 6.45) is 0. The molecule has 7 nitrogen and oxygen atoms in total. The highest BCUT2D eigenvalue weighted by Gasteiger charge is 2.21. The van der Waals surface area contributed by atoms with E-state index in [9.17, 15) is 14.4 Å². The second-order valence-corrected chi connectivity index (χ2v) is 7.11. The number of piperazine rings is 1. The average Bonchev–Trinajstić information content (AvgIpc) is 2.76. The minimum Gasteiger partial charge on any atom is -0.368 e. The lowest BCUT2D eigenvalue weighted by molar-refractivity contribution is -0.132. The van der Waals surface area contributed by atoms with Crippen molar-refractivity contribution in [1.82, 2.24) is 15.5 Å². The molecular formula is C21H23ClN4O3. The van der Waals surface area contributed by atoms with Crippen LogP contribution in [0.25, 0.3) is 0 Å². The maximum absolute atomic E-state index is 12.3. The Bertz CT molecular complexity index is 867. The number of hydrogen-bond donors (Lipinski definition) is 2. The second-order valence-electron chi connectivity index (χ2n) is 6.67. The Morgan fingerprint density at radius 1 is 0.862 bits per heavy atom. The maximum Gasteiger partial charge on any atom is 0.251 e. The Kier molecular flexibility index (Phi) is 7.08. The molecule has 29 heavy (non-hydrogen) atoms. The molecule has 152 valence electrons. The summed E-state index contributed by atoms with van der Waals surface area (Å²) in [6, 6.07) is 16.3. The normalized spacial score (nSPS) is 13.7. The molecule has 0 atom stereocenters. The van der Waals surface area contributed by atoms with E-state index in [1.165, 1.54) is 0 Å². The van der Waals surface area contributed by atoms with Crippen molar-refractivity contribution in [3.8, 4) is 0 Å². The molecule has 1 heterocycles. The number of nitrogens with one attached hydrogen (secondary N) is 2. The summed E-state index contributed by atoms with van der Waals surface area (Å²) < 4.78 is 0. The fraction of sp³-hybridized carbons (Fsp3) is 0.286. The third kappa shape index (κ3) is 5.96. The molecule has 1 aliphatic rings. The van der Waals surface area contributed by atoms with Crippen LogP contribution in [-0.2, 0) is 9.59 Å². The summed E-state index contributed by atoms with van der Waals surface area (Å²) in [7, 11) is 0. The molecule has 2 aromatic carbocycles. The summed E-state index contributed by atoms with van der Waals surface area (Å²) in [4.78, 5) is 40.1. The highest BCUT2D eigenvalue weighted by molar-refractivity contribution is 6.30. The van der Waals surface area contributed by atoms with E-state index in [1.807, 2.05) is 30.3 Å². The highest BCUT2D eigenvalue weighted by Crippen LogP contribution is 2.20. The van der Waals surface area contributed by atoms with Crippen LogP contribution in [0.4, 0.5) is 5.69 Å². The SMILES string of the molecule is O=C(CNC(=O)c1ccccc1)NCC(=O)N1CCN(c2cccc(Cl)c2)CC1. The summed E-state index contributed by atoms with van der Waals surface area (Å²) in [5.41, 5.74) is 1.51. The molecular weight excluding hydrogens is 392 g/mol. The van der Waals surface area contributed by atoms with E-state index < -0.39 is 5.91 Å². The molecule has 0 spiro atoms. The molecule has 0 unspecified atom stereocenters. The molecule has 0 radical (unpaired) electrons. The van der Waals surface area contributed by atoms with E-state index in [-0.39, 0.29) is 24.9 Å². The number of anilines is 1. The minimum absolute atomic E-state index is 0.0861. The van der Waals surface area contributed by atoms with Gasteiger partial charge in [0, 0.05) is 42.5 Å². The van der Waals surface area contributed by atoms with Crippen LogP contribution in [-0.4, -0.2) is 61.9 Å². The van der Waals surface area contributed by atoms with Crippen LogP contribution >= 0.6 is 11.6 Å². The van der Waals surface area contributed by atoms with Crippen LogP contribution < -0.4 is 15.5 Å². The summed E-state index contributed by atoms with van der Waals surface area (Å²) >= 11 is 6.04. The predicted molar refractivity (Wildman–Crippen MR) is 112 cm³/mol. The predicted octanol–water partition coefficient (Wildman–Crippen LogP) is 1.53. The van der Waals surface area contributed by atoms with Crippen molar-refractivity contribution in [2.24, 2.45) is 0 Å². The van der Waals surface area contributed by atoms with Crippen molar-refractivity contribution in [3.05, 3.63) is 65.2 Å². The van der Waals surface area contributed by atoms with Gasteiger partial charge in [0.1, 0.15) is 0 Å². The molecule has 3 rings (SSSR count). The van der Waals surface area contributed by atoms with Crippen molar-refractivity contribution >= 4 is 35.0 Å². The van der Waals surface area contributed by atoms with Gasteiger partial charge in [0.05, 0.1) is 13.1 Å². The zero-order chi connectivity index (χ0) is 20.6. The first-order valence-corrected chi connectivity index (χ1v) is 9.79. The number of nitrogens with zero attached hydrogens (tertiary/aromatic N) is 2. The molecule has 3 amide bonds. The Morgan fingerprint density at radius 2 is 1.59 bits per heavy atom. The lowest BCUT2D eigenvalue weighted by Gasteiger charge is -2.36. The smallest absolute Gasteiger partial charge is 0.251 e. The van der Waals surface area contributed by atoms with Gasteiger partial charge < -0.3 is 20.4 Å². The van der Waals surface area contributed by atoms with E-state index in [1.54, 1.807) is 29.2 Å². The topological polar surface area (TPSA) is 81.8 Å². The lowest BCUT2D eigenvalue weighted by Crippen LogP contribution is -2.51. The van der Waals surface area contributed by atoms with Gasteiger partial charge in [-0.1, -0.05) is 35.9 Å². The fourth-order valence-corrected chi connectivity index (χ4v) is 3.27. The van der Waals surface area contributed by atoms with Crippen LogP contribution in [0.5, 0.6) is 0 Å². The lowest BCUT2D eigenvalue weighted by atomic mass is 10.2. The number of halogens is 1. The van der Waals surface area contributed by atoms with Gasteiger partial charge in [-0.3, -0.25) is 14.4 Å². The van der Waals surface area contributed by atoms with Crippen LogP contribution in [0, 0.1) is 0 Å². The Morgan fingerprint density at radius 3 is 2.28 bits per heavy atom. The monoisotopic (exact) mass is 414 g/mol. The van der Waals surface area contributed by atoms with E-state index in [0.717, 1.165) is 5.69 Å². The van der Waals surface area contributed by atoms with Crippen LogP contribution in [0.1, 0.15) is 10.4 Å². The number of carbonyl (C=O) groups excluding carboxylic acids is 3. The first kappa shape index (κ1) is 20.7. The first-order chi connectivity index (χ1) is 14.0. The Labute approximate surface area is 174 Å². The quantitative estimate of drug-likeness (QED) is 0.751. The van der Waals surface area contributed by atoms with Gasteiger partial charge in [0.25, 0.3) is 5.91 Å². The molecule has 1 fully saturated rings. The minimum atomic E-state index is -0.403. The third-order valence-electron chi connectivity index (χ3n) is 4.69. The highest BCUT2D eigenvalue weighted by atomic mass is 35.5. The molecule has 0 aliphatic carbocycles. The van der Waals surface area contributed by atoms with Crippen molar-refractivity contribution in [2.45, 2.75) is 0 Å². The van der Waals surface area contributed by atoms with Gasteiger partial charge in [0.15, 0.2) is 0 Å². The molecule has 1 saturated heterocycles. The van der Waals surface area contributed by atoms with Gasteiger partial charge in [-0.25, -0.2) is 0 Å². The molecule has 0 bridgehead atoms. The Balaban J connectivity index is 1.37. The number of carbonyl (C=O) groups is 3. The third-order valence-corrected chi connectivity index (χ3v) is 4.92. The Hall–Kier alpha value is -3.06. The zero-order valence-electron chi connectivity index (χ0n) is 15.9. The molecule has 0 aromatic heterocycles. The maximum atomic E-state index is 12.3. The van der Waals surface area contributed by atoms with E-state index in [4.69, 9.17) is 11.6 Å². The molecule has 2 aromatic rings. The average molecular weight is 415 g/mol. The number of hydrogen-bond acceptors (Lipinski definition) is 4. The molecule has 1 aliphatic heterocycles. The van der Waals surface area contributed by atoms with Gasteiger partial charge in [-0.05, 0) is 30.3 Å². The second kappa shape index (κ2) is 9.93. The van der Waals surface area contributed by atoms with Crippen molar-refractivity contribution in [2.75, 3.05) is 44.2 Å². The number of amides is 3. The van der Waals surface area contributed by atoms with Crippen molar-refractivity contribution < 1.29 is 14.4 Å². The summed E-state index contributed by atoms with van der Waals surface area (Å²) in [5.74, 6) is -0.872. The molecule has 8 heteroatoms. The van der Waals surface area contributed by atoms with Crippen molar-refractivity contribution in [1.29, 1.82) is 0 Å². The van der Waals surface area contributed by atoms with E-state index in [0.29, 0.717) is 36.8 Å². The zero-order valence-corrected chi connectivity index (χ0v) is 16.7. The van der Waals surface area contributed by atoms with Gasteiger partial charge >= 0.3 is 0 Å². The van der Waals surface area contributed by atoms with Gasteiger partial charge in [-0.15, -0.1) is 0 Å². The summed E-state index contributed by atoms with van der Waals surface area (Å²) in [5, 5.41) is 5.78. The number of rotatable bonds is 6. The van der Waals surface area contributed by atoms with E-state index in [2.05, 4.69) is 15.5 Å². The standard InChI is InChI=1S/C21H23ClN4O3/c22-17-7-4-8-18(13-17)25-9-11-26(12-10-25)20(28)15-23-19(27)14-24-21(29)16-5-2-1-3-6-16/h1-8,13H,9-12,14-15H2,(H,23,27)(H,24,29). The van der Waals surface area contributed by atoms with Crippen molar-refractivity contribution in [3.63, 3.8) is 0 Å². The fourth-order valence-electron chi connectivity index (χ4n) is 3.09. The van der Waals surface area contributed by atoms with Gasteiger partial charge in [0.2, 0.25) is 11.8 Å². The number of benzene rings is 2. The van der Waals surface area contributed by atoms with E-state index >= 15 is 0 Å². The van der Waals surface area contributed by atoms with Gasteiger partial charge in [-0.2, -0.15) is 0 Å². The van der Waals surface area contributed by atoms with Crippen LogP contribution in [0.2, 0.25) is 5.02 Å². The summed E-state index contributed by atoms with van der Waals surface area (Å²) in [6.45, 7) is 2.29. The first-order valence-electron chi connectivity index (χ1n) is 9.41. The van der Waals surface area contributed by atoms with Crippen LogP contribution in [0.3, 0.4) is 0 Å². The molecule has 2 N–H and O–H groups in total.